The lowest BCUT2D eigenvalue weighted by Gasteiger charge is -2.24. The van der Waals surface area contributed by atoms with Crippen molar-refractivity contribution in [2.24, 2.45) is 0 Å². The van der Waals surface area contributed by atoms with Crippen molar-refractivity contribution in [3.63, 3.8) is 0 Å². The van der Waals surface area contributed by atoms with Gasteiger partial charge in [0.25, 0.3) is 10.0 Å². The molecule has 10 heteroatoms. The predicted molar refractivity (Wildman–Crippen MR) is 122 cm³/mol. The molecule has 0 N–H and O–H groups in total. The first-order valence-electron chi connectivity index (χ1n) is 9.74. The Bertz CT molecular complexity index is 1390. The van der Waals surface area contributed by atoms with Crippen LogP contribution in [0.5, 0.6) is 0 Å². The molecule has 0 aliphatic carbocycles. The van der Waals surface area contributed by atoms with Gasteiger partial charge in [-0.15, -0.1) is 10.2 Å². The van der Waals surface area contributed by atoms with Gasteiger partial charge in [0.05, 0.1) is 23.4 Å². The average molecular weight is 484 g/mol. The molecular weight excluding hydrogens is 466 g/mol. The fraction of sp³-hybridized carbons (Fsp3) is 0.0870. The summed E-state index contributed by atoms with van der Waals surface area (Å²) in [5.41, 5.74) is 0.783. The number of hydrogen-bond acceptors (Lipinski definition) is 7. The maximum Gasteiger partial charge on any atom is 0.339 e. The molecule has 0 atom stereocenters. The minimum Gasteiger partial charge on any atom is -0.465 e. The van der Waals surface area contributed by atoms with Crippen LogP contribution in [0.1, 0.15) is 16.2 Å². The van der Waals surface area contributed by atoms with Gasteiger partial charge in [0, 0.05) is 5.56 Å². The van der Waals surface area contributed by atoms with Crippen LogP contribution in [0.25, 0.3) is 11.5 Å². The van der Waals surface area contributed by atoms with E-state index in [1.165, 1.54) is 25.3 Å². The molecule has 0 unspecified atom stereocenters. The minimum atomic E-state index is -4.30. The summed E-state index contributed by atoms with van der Waals surface area (Å²) in [6.07, 6.45) is 0. The number of halogens is 1. The topological polar surface area (TPSA) is 103 Å². The molecule has 0 fully saturated rings. The van der Waals surface area contributed by atoms with Gasteiger partial charge < -0.3 is 9.15 Å². The third-order valence-corrected chi connectivity index (χ3v) is 6.89. The summed E-state index contributed by atoms with van der Waals surface area (Å²) < 4.78 is 39.1. The number of carbonyl (C=O) groups excluding carboxylic acids is 1. The number of anilines is 1. The number of sulfonamides is 1. The van der Waals surface area contributed by atoms with E-state index in [1.807, 2.05) is 18.2 Å². The molecule has 4 aromatic rings. The fourth-order valence-electron chi connectivity index (χ4n) is 3.18. The maximum atomic E-state index is 13.8. The highest BCUT2D eigenvalue weighted by atomic mass is 35.5. The quantitative estimate of drug-likeness (QED) is 0.354. The highest BCUT2D eigenvalue weighted by Gasteiger charge is 2.32. The number of methoxy groups -OCH3 is 1. The van der Waals surface area contributed by atoms with Crippen LogP contribution in [-0.2, 0) is 21.3 Å². The first-order valence-corrected chi connectivity index (χ1v) is 11.6. The van der Waals surface area contributed by atoms with Gasteiger partial charge in [-0.25, -0.2) is 13.2 Å². The molecular formula is C23H18ClN3O5S. The van der Waals surface area contributed by atoms with Gasteiger partial charge in [0.1, 0.15) is 11.4 Å². The van der Waals surface area contributed by atoms with Crippen molar-refractivity contribution in [1.29, 1.82) is 0 Å². The molecule has 4 rings (SSSR count). The summed E-state index contributed by atoms with van der Waals surface area (Å²) in [6, 6.07) is 21.3. The van der Waals surface area contributed by atoms with Crippen molar-refractivity contribution in [2.45, 2.75) is 11.4 Å². The molecule has 33 heavy (non-hydrogen) atoms. The van der Waals surface area contributed by atoms with Crippen LogP contribution in [0.3, 0.4) is 0 Å². The zero-order valence-electron chi connectivity index (χ0n) is 17.4. The highest BCUT2D eigenvalue weighted by Crippen LogP contribution is 2.33. The smallest absolute Gasteiger partial charge is 0.339 e. The van der Waals surface area contributed by atoms with Crippen molar-refractivity contribution in [3.8, 4) is 11.5 Å². The maximum absolute atomic E-state index is 13.8. The second-order valence-electron chi connectivity index (χ2n) is 6.82. The van der Waals surface area contributed by atoms with E-state index in [0.29, 0.717) is 5.56 Å². The summed E-state index contributed by atoms with van der Waals surface area (Å²) in [5, 5.41) is 8.23. The molecule has 0 aliphatic rings. The lowest BCUT2D eigenvalue weighted by molar-refractivity contribution is 0.0596. The highest BCUT2D eigenvalue weighted by molar-refractivity contribution is 7.92. The second-order valence-corrected chi connectivity index (χ2v) is 9.06. The van der Waals surface area contributed by atoms with Crippen LogP contribution in [0.2, 0.25) is 5.02 Å². The van der Waals surface area contributed by atoms with Gasteiger partial charge in [0.15, 0.2) is 0 Å². The molecule has 0 amide bonds. The van der Waals surface area contributed by atoms with Crippen LogP contribution in [0, 0.1) is 0 Å². The first kappa shape index (κ1) is 22.5. The molecule has 0 saturated heterocycles. The molecule has 0 saturated carbocycles. The van der Waals surface area contributed by atoms with E-state index in [1.54, 1.807) is 42.5 Å². The number of ether oxygens (including phenoxy) is 1. The molecule has 168 valence electrons. The Morgan fingerprint density at radius 2 is 1.64 bits per heavy atom. The zero-order chi connectivity index (χ0) is 23.4. The molecule has 0 aliphatic heterocycles. The van der Waals surface area contributed by atoms with Crippen molar-refractivity contribution in [3.05, 3.63) is 95.3 Å². The molecule has 0 bridgehead atoms. The van der Waals surface area contributed by atoms with Gasteiger partial charge in [-0.1, -0.05) is 54.1 Å². The van der Waals surface area contributed by atoms with Crippen molar-refractivity contribution in [1.82, 2.24) is 10.2 Å². The Kier molecular flexibility index (Phi) is 6.43. The summed E-state index contributed by atoms with van der Waals surface area (Å²) in [4.78, 5) is 12.0. The largest absolute Gasteiger partial charge is 0.465 e. The number of benzene rings is 3. The van der Waals surface area contributed by atoms with E-state index in [0.717, 1.165) is 4.31 Å². The monoisotopic (exact) mass is 483 g/mol. The van der Waals surface area contributed by atoms with Gasteiger partial charge in [-0.05, 0) is 36.4 Å². The third kappa shape index (κ3) is 4.59. The van der Waals surface area contributed by atoms with E-state index in [-0.39, 0.29) is 39.5 Å². The van der Waals surface area contributed by atoms with E-state index in [4.69, 9.17) is 20.8 Å². The first-order chi connectivity index (χ1) is 15.9. The standard InChI is InChI=1S/C23H18ClN3O5S/c1-31-23(28)17-11-5-8-14-20(17)33(29,30)27(19-13-7-6-12-18(19)24)15-21-25-26-22(32-21)16-9-3-2-4-10-16/h2-14H,15H2,1H3. The zero-order valence-corrected chi connectivity index (χ0v) is 19.0. The molecule has 0 radical (unpaired) electrons. The Morgan fingerprint density at radius 3 is 2.36 bits per heavy atom. The average Bonchev–Trinajstić information content (AvgIpc) is 3.32. The molecule has 0 spiro atoms. The van der Waals surface area contributed by atoms with E-state index in [2.05, 4.69) is 10.2 Å². The van der Waals surface area contributed by atoms with Crippen LogP contribution < -0.4 is 4.31 Å². The lowest BCUT2D eigenvalue weighted by atomic mass is 10.2. The molecule has 8 nitrogen and oxygen atoms in total. The van der Waals surface area contributed by atoms with Crippen molar-refractivity contribution in [2.75, 3.05) is 11.4 Å². The minimum absolute atomic E-state index is 0.0490. The lowest BCUT2D eigenvalue weighted by Crippen LogP contribution is -2.32. The Hall–Kier alpha value is -3.69. The van der Waals surface area contributed by atoms with E-state index in [9.17, 15) is 13.2 Å². The van der Waals surface area contributed by atoms with E-state index < -0.39 is 16.0 Å². The molecule has 1 aromatic heterocycles. The SMILES string of the molecule is COC(=O)c1ccccc1S(=O)(=O)N(Cc1nnc(-c2ccccc2)o1)c1ccccc1Cl. The van der Waals surface area contributed by atoms with Crippen molar-refractivity contribution >= 4 is 33.3 Å². The molecule has 1 heterocycles. The third-order valence-electron chi connectivity index (χ3n) is 4.75. The van der Waals surface area contributed by atoms with Crippen LogP contribution in [0.4, 0.5) is 5.69 Å². The number of rotatable bonds is 7. The summed E-state index contributed by atoms with van der Waals surface area (Å²) >= 11 is 6.35. The van der Waals surface area contributed by atoms with Crippen molar-refractivity contribution < 1.29 is 22.4 Å². The Balaban J connectivity index is 1.80. The number of carbonyl (C=O) groups is 1. The fourth-order valence-corrected chi connectivity index (χ4v) is 5.08. The Labute approximate surface area is 195 Å². The summed E-state index contributed by atoms with van der Waals surface area (Å²) in [6.45, 7) is -0.304. The van der Waals surface area contributed by atoms with Crippen LogP contribution in [0.15, 0.2) is 88.2 Å². The summed E-state index contributed by atoms with van der Waals surface area (Å²) in [5.74, 6) is -0.484. The molecule has 3 aromatic carbocycles. The van der Waals surface area contributed by atoms with Gasteiger partial charge in [0.2, 0.25) is 11.8 Å². The van der Waals surface area contributed by atoms with Gasteiger partial charge in [-0.3, -0.25) is 4.31 Å². The second kappa shape index (κ2) is 9.43. The number of esters is 1. The van der Waals surface area contributed by atoms with Gasteiger partial charge >= 0.3 is 5.97 Å². The number of nitrogens with zero attached hydrogens (tertiary/aromatic N) is 3. The summed E-state index contributed by atoms with van der Waals surface area (Å²) in [7, 11) is -3.11. The van der Waals surface area contributed by atoms with Crippen LogP contribution >= 0.6 is 11.6 Å². The van der Waals surface area contributed by atoms with E-state index >= 15 is 0 Å². The van der Waals surface area contributed by atoms with Crippen LogP contribution in [-0.4, -0.2) is 31.7 Å². The number of hydrogen-bond donors (Lipinski definition) is 0. The Morgan fingerprint density at radius 1 is 0.970 bits per heavy atom. The predicted octanol–water partition coefficient (Wildman–Crippen LogP) is 4.57. The normalized spacial score (nSPS) is 11.2. The number of para-hydroxylation sites is 1. The van der Waals surface area contributed by atoms with Gasteiger partial charge in [-0.2, -0.15) is 0 Å². The number of aromatic nitrogens is 2.